The highest BCUT2D eigenvalue weighted by atomic mass is 16.2. The van der Waals surface area contributed by atoms with Gasteiger partial charge >= 0.3 is 0 Å². The van der Waals surface area contributed by atoms with Crippen molar-refractivity contribution in [2.24, 2.45) is 5.41 Å². The topological polar surface area (TPSA) is 49.4 Å². The quantitative estimate of drug-likeness (QED) is 0.675. The average molecular weight is 459 g/mol. The summed E-state index contributed by atoms with van der Waals surface area (Å²) in [4.78, 5) is 28.8. The largest absolute Gasteiger partial charge is 0.355 e. The van der Waals surface area contributed by atoms with Crippen molar-refractivity contribution < 1.29 is 9.59 Å². The number of carbonyl (C=O) groups excluding carboxylic acids is 2. The van der Waals surface area contributed by atoms with Crippen LogP contribution in [-0.4, -0.2) is 36.3 Å². The maximum absolute atomic E-state index is 14.1. The number of piperidine rings is 2. The Morgan fingerprint density at radius 1 is 0.941 bits per heavy atom. The predicted octanol–water partition coefficient (Wildman–Crippen LogP) is 5.34. The highest BCUT2D eigenvalue weighted by Gasteiger charge is 2.50. The summed E-state index contributed by atoms with van der Waals surface area (Å²) in [7, 11) is 0. The van der Waals surface area contributed by atoms with Gasteiger partial charge in [0.15, 0.2) is 0 Å². The van der Waals surface area contributed by atoms with Crippen LogP contribution in [0.25, 0.3) is 0 Å². The number of hydrogen-bond acceptors (Lipinski definition) is 2. The predicted molar refractivity (Wildman–Crippen MR) is 136 cm³/mol. The first-order chi connectivity index (χ1) is 16.3. The van der Waals surface area contributed by atoms with E-state index in [1.165, 1.54) is 27.8 Å². The Morgan fingerprint density at radius 2 is 1.59 bits per heavy atom. The minimum atomic E-state index is -0.374. The molecule has 2 heterocycles. The normalized spacial score (nSPS) is 23.7. The van der Waals surface area contributed by atoms with Crippen LogP contribution < -0.4 is 5.32 Å². The first-order valence-corrected chi connectivity index (χ1v) is 13.0. The average Bonchev–Trinajstić information content (AvgIpc) is 3.31. The number of nitrogens with one attached hydrogen (secondary N) is 1. The summed E-state index contributed by atoms with van der Waals surface area (Å²) in [6, 6.07) is 15.3. The van der Waals surface area contributed by atoms with Gasteiger partial charge in [0.1, 0.15) is 0 Å². The summed E-state index contributed by atoms with van der Waals surface area (Å²) >= 11 is 0. The van der Waals surface area contributed by atoms with Crippen LogP contribution in [0, 0.1) is 26.2 Å². The molecule has 2 aromatic rings. The molecule has 0 bridgehead atoms. The molecule has 1 unspecified atom stereocenters. The maximum Gasteiger partial charge on any atom is 0.233 e. The lowest BCUT2D eigenvalue weighted by Gasteiger charge is -2.50. The van der Waals surface area contributed by atoms with Crippen LogP contribution in [-0.2, 0) is 15.0 Å². The standard InChI is InChI=1S/C30H38N2O2/c1-21-16-22(2)18-24(17-21)30(10-6-7-11-30)28(34)32-14-12-29(13-15-32)19-27(33)31-20-26(29)25-9-5-4-8-23(25)3/h4-5,8-9,16-18,26H,6-7,10-15,19-20H2,1-3H3,(H,31,33). The van der Waals surface area contributed by atoms with Gasteiger partial charge in [-0.05, 0) is 68.6 Å². The van der Waals surface area contributed by atoms with Crippen molar-refractivity contribution in [3.8, 4) is 0 Å². The van der Waals surface area contributed by atoms with E-state index in [-0.39, 0.29) is 16.7 Å². The van der Waals surface area contributed by atoms with Crippen molar-refractivity contribution in [2.75, 3.05) is 19.6 Å². The molecule has 2 saturated heterocycles. The van der Waals surface area contributed by atoms with Gasteiger partial charge in [-0.3, -0.25) is 9.59 Å². The van der Waals surface area contributed by atoms with Crippen LogP contribution in [0.15, 0.2) is 42.5 Å². The molecule has 3 aliphatic rings. The van der Waals surface area contributed by atoms with E-state index < -0.39 is 0 Å². The van der Waals surface area contributed by atoms with Gasteiger partial charge in [0.25, 0.3) is 0 Å². The monoisotopic (exact) mass is 458 g/mol. The van der Waals surface area contributed by atoms with E-state index in [1.807, 2.05) is 0 Å². The second-order valence-corrected chi connectivity index (χ2v) is 11.2. The second kappa shape index (κ2) is 8.87. The van der Waals surface area contributed by atoms with Gasteiger partial charge in [-0.15, -0.1) is 0 Å². The van der Waals surface area contributed by atoms with Gasteiger partial charge in [-0.2, -0.15) is 0 Å². The third kappa shape index (κ3) is 3.95. The number of hydrogen-bond donors (Lipinski definition) is 1. The van der Waals surface area contributed by atoms with E-state index in [0.29, 0.717) is 24.8 Å². The second-order valence-electron chi connectivity index (χ2n) is 11.2. The molecule has 180 valence electrons. The van der Waals surface area contributed by atoms with Crippen LogP contribution in [0.4, 0.5) is 0 Å². The van der Waals surface area contributed by atoms with Crippen molar-refractivity contribution in [1.29, 1.82) is 0 Å². The SMILES string of the molecule is Cc1cc(C)cc(C2(C(=O)N3CCC4(CC3)CC(=O)NCC4c3ccccc3C)CCCC2)c1. The van der Waals surface area contributed by atoms with Gasteiger partial charge in [0.05, 0.1) is 5.41 Å². The smallest absolute Gasteiger partial charge is 0.233 e. The molecule has 1 saturated carbocycles. The lowest BCUT2D eigenvalue weighted by molar-refractivity contribution is -0.141. The number of likely N-dealkylation sites (tertiary alicyclic amines) is 1. The number of nitrogens with zero attached hydrogens (tertiary/aromatic N) is 1. The summed E-state index contributed by atoms with van der Waals surface area (Å²) in [6.45, 7) is 8.64. The zero-order valence-electron chi connectivity index (χ0n) is 21.0. The Hall–Kier alpha value is -2.62. The van der Waals surface area contributed by atoms with Crippen LogP contribution in [0.3, 0.4) is 0 Å². The van der Waals surface area contributed by atoms with Gasteiger partial charge in [-0.1, -0.05) is 66.4 Å². The van der Waals surface area contributed by atoms with Gasteiger partial charge in [0.2, 0.25) is 11.8 Å². The highest BCUT2D eigenvalue weighted by Crippen LogP contribution is 2.51. The van der Waals surface area contributed by atoms with E-state index in [1.54, 1.807) is 0 Å². The molecule has 1 N–H and O–H groups in total. The summed E-state index contributed by atoms with van der Waals surface area (Å²) in [5.74, 6) is 0.785. The zero-order valence-corrected chi connectivity index (χ0v) is 21.0. The fourth-order valence-electron chi connectivity index (χ4n) is 7.19. The summed E-state index contributed by atoms with van der Waals surface area (Å²) in [6.07, 6.45) is 6.49. The first kappa shape index (κ1) is 23.1. The molecule has 4 heteroatoms. The van der Waals surface area contributed by atoms with E-state index in [9.17, 15) is 9.59 Å². The lowest BCUT2D eigenvalue weighted by atomic mass is 9.62. The molecular formula is C30H38N2O2. The third-order valence-electron chi connectivity index (χ3n) is 9.01. The van der Waals surface area contributed by atoms with E-state index in [4.69, 9.17) is 0 Å². The fourth-order valence-corrected chi connectivity index (χ4v) is 7.19. The highest BCUT2D eigenvalue weighted by molar-refractivity contribution is 5.89. The summed E-state index contributed by atoms with van der Waals surface area (Å²) < 4.78 is 0. The van der Waals surface area contributed by atoms with Crippen molar-refractivity contribution in [3.05, 3.63) is 70.3 Å². The number of rotatable bonds is 3. The van der Waals surface area contributed by atoms with Crippen molar-refractivity contribution >= 4 is 11.8 Å². The van der Waals surface area contributed by atoms with Crippen LogP contribution in [0.2, 0.25) is 0 Å². The number of amides is 2. The minimum Gasteiger partial charge on any atom is -0.355 e. The fraction of sp³-hybridized carbons (Fsp3) is 0.533. The molecule has 1 aliphatic carbocycles. The number of aryl methyl sites for hydroxylation is 3. The molecule has 5 rings (SSSR count). The molecular weight excluding hydrogens is 420 g/mol. The molecule has 1 spiro atoms. The Balaban J connectivity index is 1.40. The van der Waals surface area contributed by atoms with E-state index >= 15 is 0 Å². The molecule has 34 heavy (non-hydrogen) atoms. The zero-order chi connectivity index (χ0) is 23.9. The Labute approximate surface area is 204 Å². The molecule has 2 aliphatic heterocycles. The van der Waals surface area contributed by atoms with Crippen molar-refractivity contribution in [2.45, 2.75) is 77.0 Å². The Bertz CT molecular complexity index is 1070. The van der Waals surface area contributed by atoms with Crippen molar-refractivity contribution in [1.82, 2.24) is 10.2 Å². The van der Waals surface area contributed by atoms with Gasteiger partial charge in [-0.25, -0.2) is 0 Å². The third-order valence-corrected chi connectivity index (χ3v) is 9.01. The van der Waals surface area contributed by atoms with Gasteiger partial charge in [0, 0.05) is 32.0 Å². The minimum absolute atomic E-state index is 0.0615. The van der Waals surface area contributed by atoms with E-state index in [2.05, 4.69) is 73.5 Å². The molecule has 2 aromatic carbocycles. The van der Waals surface area contributed by atoms with Crippen LogP contribution >= 0.6 is 0 Å². The first-order valence-electron chi connectivity index (χ1n) is 13.0. The van der Waals surface area contributed by atoms with Gasteiger partial charge < -0.3 is 10.2 Å². The van der Waals surface area contributed by atoms with Crippen LogP contribution in [0.5, 0.6) is 0 Å². The molecule has 0 aromatic heterocycles. The maximum atomic E-state index is 14.1. The lowest BCUT2D eigenvalue weighted by Crippen LogP contribution is -2.55. The van der Waals surface area contributed by atoms with Crippen LogP contribution in [0.1, 0.15) is 78.7 Å². The summed E-state index contributed by atoms with van der Waals surface area (Å²) in [5.41, 5.74) is 5.89. The molecule has 3 fully saturated rings. The Kier molecular flexibility index (Phi) is 6.03. The Morgan fingerprint density at radius 3 is 2.24 bits per heavy atom. The number of benzene rings is 2. The number of carbonyl (C=O) groups is 2. The molecule has 1 atom stereocenters. The summed E-state index contributed by atoms with van der Waals surface area (Å²) in [5, 5.41) is 3.13. The molecule has 0 radical (unpaired) electrons. The molecule has 2 amide bonds. The molecule has 4 nitrogen and oxygen atoms in total. The van der Waals surface area contributed by atoms with E-state index in [0.717, 1.165) is 51.6 Å². The van der Waals surface area contributed by atoms with Crippen molar-refractivity contribution in [3.63, 3.8) is 0 Å².